The quantitative estimate of drug-likeness (QED) is 0.807. The highest BCUT2D eigenvalue weighted by molar-refractivity contribution is 7.09. The van der Waals surface area contributed by atoms with Crippen LogP contribution < -0.4 is 5.73 Å². The van der Waals surface area contributed by atoms with E-state index < -0.39 is 18.1 Å². The molecule has 2 N–H and O–H groups in total. The Morgan fingerprint density at radius 3 is 2.81 bits per heavy atom. The number of aryl methyl sites for hydroxylation is 1. The highest BCUT2D eigenvalue weighted by atomic mass is 32.1. The molecule has 0 radical (unpaired) electrons. The van der Waals surface area contributed by atoms with Crippen LogP contribution in [0.4, 0.5) is 4.39 Å². The number of thiazole rings is 1. The third-order valence-corrected chi connectivity index (χ3v) is 5.91. The van der Waals surface area contributed by atoms with Crippen molar-refractivity contribution < 1.29 is 9.18 Å². The lowest BCUT2D eigenvalue weighted by atomic mass is 10.0. The number of alkyl halides is 1. The van der Waals surface area contributed by atoms with E-state index in [0.29, 0.717) is 26.1 Å². The fourth-order valence-corrected chi connectivity index (χ4v) is 4.48. The third-order valence-electron chi connectivity index (χ3n) is 4.99. The second-order valence-electron chi connectivity index (χ2n) is 6.93. The average Bonchev–Trinajstić information content (AvgIpc) is 3.14. The summed E-state index contributed by atoms with van der Waals surface area (Å²) in [4.78, 5) is 21.6. The number of carbonyl (C=O) groups is 1. The van der Waals surface area contributed by atoms with Gasteiger partial charge in [0.2, 0.25) is 5.91 Å². The Balaban J connectivity index is 1.72. The standard InChI is InChI=1S/C19H25FN4OS/c1-13-17(26-12-22-13)11-24-9-15(20)8-16(24)10-23(2)18(19(21)25)14-6-4-3-5-7-14/h3-7,12,15-16,18H,8-11H2,1-2H3,(H2,21,25)/t15-,16-,18-/m0/s1. The second-order valence-corrected chi connectivity index (χ2v) is 7.87. The molecular weight excluding hydrogens is 351 g/mol. The van der Waals surface area contributed by atoms with Gasteiger partial charge in [0.15, 0.2) is 0 Å². The molecule has 1 aliphatic heterocycles. The fraction of sp³-hybridized carbons (Fsp3) is 0.474. The summed E-state index contributed by atoms with van der Waals surface area (Å²) in [5.74, 6) is -0.390. The first kappa shape index (κ1) is 18.9. The number of aromatic nitrogens is 1. The van der Waals surface area contributed by atoms with Crippen LogP contribution in [0, 0.1) is 6.92 Å². The van der Waals surface area contributed by atoms with Crippen molar-refractivity contribution in [2.75, 3.05) is 20.1 Å². The maximum Gasteiger partial charge on any atom is 0.239 e. The Morgan fingerprint density at radius 1 is 1.46 bits per heavy atom. The minimum atomic E-state index is -0.842. The predicted octanol–water partition coefficient (Wildman–Crippen LogP) is 2.52. The molecule has 1 aromatic carbocycles. The van der Waals surface area contributed by atoms with Crippen molar-refractivity contribution in [3.8, 4) is 0 Å². The molecule has 140 valence electrons. The summed E-state index contributed by atoms with van der Waals surface area (Å²) >= 11 is 1.60. The Kier molecular flexibility index (Phi) is 6.01. The molecule has 5 nitrogen and oxygen atoms in total. The van der Waals surface area contributed by atoms with Gasteiger partial charge in [0, 0.05) is 30.6 Å². The molecule has 0 unspecified atom stereocenters. The summed E-state index contributed by atoms with van der Waals surface area (Å²) in [7, 11) is 1.88. The highest BCUT2D eigenvalue weighted by Gasteiger charge is 2.35. The van der Waals surface area contributed by atoms with Crippen LogP contribution >= 0.6 is 11.3 Å². The smallest absolute Gasteiger partial charge is 0.239 e. The normalized spacial score (nSPS) is 22.0. The molecule has 2 heterocycles. The van der Waals surface area contributed by atoms with Crippen LogP contribution in [0.15, 0.2) is 35.8 Å². The Bertz CT molecular complexity index is 738. The first-order valence-corrected chi connectivity index (χ1v) is 9.65. The van der Waals surface area contributed by atoms with E-state index in [0.717, 1.165) is 11.3 Å². The summed E-state index contributed by atoms with van der Waals surface area (Å²) in [6.07, 6.45) is -0.368. The van der Waals surface area contributed by atoms with Crippen LogP contribution in [0.25, 0.3) is 0 Å². The number of nitrogens with zero attached hydrogens (tertiary/aromatic N) is 3. The number of carbonyl (C=O) groups excluding carboxylic acids is 1. The topological polar surface area (TPSA) is 62.5 Å². The van der Waals surface area contributed by atoms with Gasteiger partial charge < -0.3 is 5.73 Å². The van der Waals surface area contributed by atoms with Crippen LogP contribution in [0.2, 0.25) is 0 Å². The zero-order valence-electron chi connectivity index (χ0n) is 15.1. The third kappa shape index (κ3) is 4.28. The molecule has 1 aromatic heterocycles. The second kappa shape index (κ2) is 8.24. The number of benzene rings is 1. The van der Waals surface area contributed by atoms with E-state index in [1.807, 2.05) is 54.7 Å². The number of rotatable bonds is 7. The molecule has 3 atom stereocenters. The first-order valence-electron chi connectivity index (χ1n) is 8.77. The average molecular weight is 377 g/mol. The molecule has 1 aliphatic rings. The molecule has 1 fully saturated rings. The van der Waals surface area contributed by atoms with Gasteiger partial charge in [0.05, 0.1) is 11.2 Å². The number of hydrogen-bond acceptors (Lipinski definition) is 5. The lowest BCUT2D eigenvalue weighted by molar-refractivity contribution is -0.123. The fourth-order valence-electron chi connectivity index (χ4n) is 3.68. The summed E-state index contributed by atoms with van der Waals surface area (Å²) in [5, 5.41) is 0. The van der Waals surface area contributed by atoms with Gasteiger partial charge in [-0.05, 0) is 26.0 Å². The molecular formula is C19H25FN4OS. The van der Waals surface area contributed by atoms with Crippen molar-refractivity contribution in [2.24, 2.45) is 5.73 Å². The number of nitrogens with two attached hydrogens (primary N) is 1. The number of amides is 1. The summed E-state index contributed by atoms with van der Waals surface area (Å²) < 4.78 is 14.1. The molecule has 0 spiro atoms. The number of primary amides is 1. The summed E-state index contributed by atoms with van der Waals surface area (Å²) in [6.45, 7) is 3.68. The lowest BCUT2D eigenvalue weighted by Gasteiger charge is -2.32. The van der Waals surface area contributed by atoms with E-state index in [9.17, 15) is 9.18 Å². The predicted molar refractivity (Wildman–Crippen MR) is 102 cm³/mol. The molecule has 0 saturated carbocycles. The van der Waals surface area contributed by atoms with Gasteiger partial charge in [-0.2, -0.15) is 0 Å². The number of likely N-dealkylation sites (tertiary alicyclic amines) is 1. The van der Waals surface area contributed by atoms with Crippen LogP contribution in [0.1, 0.15) is 28.6 Å². The maximum absolute atomic E-state index is 14.1. The van der Waals surface area contributed by atoms with E-state index in [1.165, 1.54) is 4.88 Å². The Hall–Kier alpha value is -1.83. The molecule has 2 aromatic rings. The van der Waals surface area contributed by atoms with Crippen LogP contribution in [-0.4, -0.2) is 53.0 Å². The van der Waals surface area contributed by atoms with E-state index in [4.69, 9.17) is 5.73 Å². The maximum atomic E-state index is 14.1. The van der Waals surface area contributed by atoms with Crippen LogP contribution in [0.5, 0.6) is 0 Å². The van der Waals surface area contributed by atoms with E-state index in [2.05, 4.69) is 9.88 Å². The monoisotopic (exact) mass is 376 g/mol. The first-order chi connectivity index (χ1) is 12.5. The van der Waals surface area contributed by atoms with Crippen molar-refractivity contribution in [2.45, 2.75) is 38.1 Å². The molecule has 0 bridgehead atoms. The van der Waals surface area contributed by atoms with Gasteiger partial charge in [0.25, 0.3) is 0 Å². The molecule has 0 aliphatic carbocycles. The lowest BCUT2D eigenvalue weighted by Crippen LogP contribution is -2.43. The van der Waals surface area contributed by atoms with E-state index >= 15 is 0 Å². The highest BCUT2D eigenvalue weighted by Crippen LogP contribution is 2.28. The van der Waals surface area contributed by atoms with Gasteiger partial charge in [-0.1, -0.05) is 30.3 Å². The number of hydrogen-bond donors (Lipinski definition) is 1. The molecule has 1 amide bonds. The van der Waals surface area contributed by atoms with Crippen molar-refractivity contribution in [1.82, 2.24) is 14.8 Å². The SMILES string of the molecule is Cc1ncsc1CN1C[C@@H](F)C[C@H]1CN(C)[C@H](C(N)=O)c1ccccc1. The van der Waals surface area contributed by atoms with Gasteiger partial charge in [-0.3, -0.25) is 14.6 Å². The number of halogens is 1. The molecule has 26 heavy (non-hydrogen) atoms. The molecule has 1 saturated heterocycles. The van der Waals surface area contributed by atoms with Crippen molar-refractivity contribution in [3.05, 3.63) is 52.0 Å². The zero-order valence-corrected chi connectivity index (χ0v) is 16.0. The van der Waals surface area contributed by atoms with Crippen LogP contribution in [0.3, 0.4) is 0 Å². The van der Waals surface area contributed by atoms with Gasteiger partial charge in [0.1, 0.15) is 12.2 Å². The minimum absolute atomic E-state index is 0.0436. The van der Waals surface area contributed by atoms with Gasteiger partial charge in [-0.15, -0.1) is 11.3 Å². The van der Waals surface area contributed by atoms with Gasteiger partial charge in [-0.25, -0.2) is 9.37 Å². The zero-order chi connectivity index (χ0) is 18.7. The molecule has 3 rings (SSSR count). The van der Waals surface area contributed by atoms with E-state index in [-0.39, 0.29) is 6.04 Å². The van der Waals surface area contributed by atoms with Crippen molar-refractivity contribution in [1.29, 1.82) is 0 Å². The largest absolute Gasteiger partial charge is 0.368 e. The minimum Gasteiger partial charge on any atom is -0.368 e. The molecule has 7 heteroatoms. The summed E-state index contributed by atoms with van der Waals surface area (Å²) in [6, 6.07) is 9.03. The Morgan fingerprint density at radius 2 is 2.19 bits per heavy atom. The Labute approximate surface area is 157 Å². The van der Waals surface area contributed by atoms with Crippen LogP contribution in [-0.2, 0) is 11.3 Å². The van der Waals surface area contributed by atoms with Crippen molar-refractivity contribution >= 4 is 17.2 Å². The van der Waals surface area contributed by atoms with E-state index in [1.54, 1.807) is 11.3 Å². The summed E-state index contributed by atoms with van der Waals surface area (Å²) in [5.41, 5.74) is 9.35. The van der Waals surface area contributed by atoms with Crippen molar-refractivity contribution in [3.63, 3.8) is 0 Å². The van der Waals surface area contributed by atoms with Gasteiger partial charge >= 0.3 is 0 Å². The number of likely N-dealkylation sites (N-methyl/N-ethyl adjacent to an activating group) is 1.